The lowest BCUT2D eigenvalue weighted by Crippen LogP contribution is -2.44. The maximum atomic E-state index is 12.6. The van der Waals surface area contributed by atoms with Gasteiger partial charge in [-0.2, -0.15) is 0 Å². The van der Waals surface area contributed by atoms with Crippen molar-refractivity contribution in [1.82, 2.24) is 10.1 Å². The molecule has 1 aromatic carbocycles. The number of carbonyl (C=O) groups excluding carboxylic acids is 1. The molecule has 2 heterocycles. The number of aryl methyl sites for hydroxylation is 1. The van der Waals surface area contributed by atoms with Gasteiger partial charge in [0.2, 0.25) is 5.76 Å². The predicted octanol–water partition coefficient (Wildman–Crippen LogP) is 2.85. The van der Waals surface area contributed by atoms with E-state index in [4.69, 9.17) is 10.3 Å². The second-order valence-electron chi connectivity index (χ2n) is 6.46. The molecule has 1 saturated heterocycles. The van der Waals surface area contributed by atoms with Crippen LogP contribution in [0.15, 0.2) is 34.9 Å². The minimum Gasteiger partial charge on any atom is -0.350 e. The molecule has 122 valence electrons. The fourth-order valence-corrected chi connectivity index (χ4v) is 3.02. The lowest BCUT2D eigenvalue weighted by Gasteiger charge is -2.34. The monoisotopic (exact) mass is 313 g/mol. The Kier molecular flexibility index (Phi) is 4.48. The molecule has 0 bridgehead atoms. The molecule has 5 nitrogen and oxygen atoms in total. The second-order valence-corrected chi connectivity index (χ2v) is 6.46. The highest BCUT2D eigenvalue weighted by Crippen LogP contribution is 2.23. The summed E-state index contributed by atoms with van der Waals surface area (Å²) in [5.41, 5.74) is 8.81. The zero-order chi connectivity index (χ0) is 16.4. The van der Waals surface area contributed by atoms with Crippen LogP contribution in [0.25, 0.3) is 11.3 Å². The Hall–Kier alpha value is -2.14. The Labute approximate surface area is 136 Å². The molecule has 5 heteroatoms. The fourth-order valence-electron chi connectivity index (χ4n) is 3.02. The third kappa shape index (κ3) is 3.45. The number of hydrogen-bond acceptors (Lipinski definition) is 4. The van der Waals surface area contributed by atoms with Gasteiger partial charge in [0.1, 0.15) is 5.69 Å². The van der Waals surface area contributed by atoms with Crippen LogP contribution in [0.3, 0.4) is 0 Å². The number of carbonyl (C=O) groups is 1. The normalized spacial score (nSPS) is 19.6. The van der Waals surface area contributed by atoms with E-state index in [9.17, 15) is 4.79 Å². The van der Waals surface area contributed by atoms with E-state index in [0.29, 0.717) is 23.9 Å². The first-order chi connectivity index (χ1) is 11.0. The molecular formula is C18H23N3O2. The van der Waals surface area contributed by atoms with Crippen molar-refractivity contribution in [1.29, 1.82) is 0 Å². The van der Waals surface area contributed by atoms with Gasteiger partial charge in [-0.1, -0.05) is 35.0 Å². The quantitative estimate of drug-likeness (QED) is 0.945. The van der Waals surface area contributed by atoms with Crippen molar-refractivity contribution < 1.29 is 9.32 Å². The van der Waals surface area contributed by atoms with Gasteiger partial charge in [-0.3, -0.25) is 4.79 Å². The molecule has 2 atom stereocenters. The van der Waals surface area contributed by atoms with E-state index in [-0.39, 0.29) is 11.9 Å². The Morgan fingerprint density at radius 2 is 2.13 bits per heavy atom. The molecule has 3 rings (SSSR count). The first-order valence-electron chi connectivity index (χ1n) is 8.13. The summed E-state index contributed by atoms with van der Waals surface area (Å²) in [6.45, 7) is 5.48. The van der Waals surface area contributed by atoms with Crippen LogP contribution in [0, 0.1) is 12.8 Å². The molecule has 0 spiro atoms. The largest absolute Gasteiger partial charge is 0.350 e. The van der Waals surface area contributed by atoms with Gasteiger partial charge in [-0.15, -0.1) is 0 Å². The van der Waals surface area contributed by atoms with Crippen molar-refractivity contribution in [3.63, 3.8) is 0 Å². The van der Waals surface area contributed by atoms with Crippen LogP contribution >= 0.6 is 0 Å². The Bertz CT molecular complexity index is 676. The SMILES string of the molecule is Cc1ccc(-c2cc(C(=O)N3CCCC(C(C)N)C3)on2)cc1. The first-order valence-corrected chi connectivity index (χ1v) is 8.13. The molecule has 1 fully saturated rings. The van der Waals surface area contributed by atoms with Gasteiger partial charge in [0.15, 0.2) is 0 Å². The van der Waals surface area contributed by atoms with Crippen molar-refractivity contribution in [2.45, 2.75) is 32.7 Å². The molecule has 1 aliphatic rings. The van der Waals surface area contributed by atoms with E-state index < -0.39 is 0 Å². The number of benzene rings is 1. The summed E-state index contributed by atoms with van der Waals surface area (Å²) in [6.07, 6.45) is 2.06. The topological polar surface area (TPSA) is 72.4 Å². The highest BCUT2D eigenvalue weighted by atomic mass is 16.5. The maximum Gasteiger partial charge on any atom is 0.292 e. The minimum atomic E-state index is -0.0961. The van der Waals surface area contributed by atoms with Crippen LogP contribution in [0.1, 0.15) is 35.9 Å². The Balaban J connectivity index is 1.74. The predicted molar refractivity (Wildman–Crippen MR) is 89.0 cm³/mol. The number of aromatic nitrogens is 1. The number of nitrogens with zero attached hydrogens (tertiary/aromatic N) is 2. The zero-order valence-electron chi connectivity index (χ0n) is 13.7. The van der Waals surface area contributed by atoms with Crippen molar-refractivity contribution in [3.8, 4) is 11.3 Å². The maximum absolute atomic E-state index is 12.6. The molecule has 2 aromatic rings. The summed E-state index contributed by atoms with van der Waals surface area (Å²) < 4.78 is 5.29. The molecule has 0 saturated carbocycles. The average molecular weight is 313 g/mol. The molecule has 1 aliphatic heterocycles. The molecule has 2 N–H and O–H groups in total. The number of rotatable bonds is 3. The third-order valence-electron chi connectivity index (χ3n) is 4.56. The molecule has 1 amide bonds. The van der Waals surface area contributed by atoms with E-state index >= 15 is 0 Å². The number of nitrogens with two attached hydrogens (primary N) is 1. The first kappa shape index (κ1) is 15.7. The number of piperidine rings is 1. The van der Waals surface area contributed by atoms with Crippen LogP contribution in [0.2, 0.25) is 0 Å². The highest BCUT2D eigenvalue weighted by molar-refractivity contribution is 5.92. The van der Waals surface area contributed by atoms with E-state index in [2.05, 4.69) is 5.16 Å². The summed E-state index contributed by atoms with van der Waals surface area (Å²) >= 11 is 0. The lowest BCUT2D eigenvalue weighted by atomic mass is 9.92. The fraction of sp³-hybridized carbons (Fsp3) is 0.444. The molecule has 23 heavy (non-hydrogen) atoms. The standard InChI is InChI=1S/C18H23N3O2/c1-12-5-7-14(8-6-12)16-10-17(23-20-16)18(22)21-9-3-4-15(11-21)13(2)19/h5-8,10,13,15H,3-4,9,11,19H2,1-2H3. The van der Waals surface area contributed by atoms with Gasteiger partial charge in [0, 0.05) is 30.8 Å². The molecule has 0 aliphatic carbocycles. The summed E-state index contributed by atoms with van der Waals surface area (Å²) in [6, 6.07) is 9.82. The summed E-state index contributed by atoms with van der Waals surface area (Å²) in [5.74, 6) is 0.555. The van der Waals surface area contributed by atoms with Gasteiger partial charge >= 0.3 is 0 Å². The van der Waals surface area contributed by atoms with Crippen LogP contribution in [-0.2, 0) is 0 Å². The average Bonchev–Trinajstić information content (AvgIpc) is 3.05. The third-order valence-corrected chi connectivity index (χ3v) is 4.56. The van der Waals surface area contributed by atoms with Crippen LogP contribution < -0.4 is 5.73 Å². The smallest absolute Gasteiger partial charge is 0.292 e. The number of hydrogen-bond donors (Lipinski definition) is 1. The molecule has 0 radical (unpaired) electrons. The summed E-state index contributed by atoms with van der Waals surface area (Å²) in [5, 5.41) is 4.04. The molecule has 2 unspecified atom stereocenters. The van der Waals surface area contributed by atoms with Gasteiger partial charge in [-0.05, 0) is 32.6 Å². The van der Waals surface area contributed by atoms with Gasteiger partial charge in [0.25, 0.3) is 5.91 Å². The van der Waals surface area contributed by atoms with E-state index in [1.54, 1.807) is 6.07 Å². The zero-order valence-corrected chi connectivity index (χ0v) is 13.7. The van der Waals surface area contributed by atoms with Gasteiger partial charge < -0.3 is 15.2 Å². The molecule has 1 aromatic heterocycles. The van der Waals surface area contributed by atoms with E-state index in [1.807, 2.05) is 43.0 Å². The Morgan fingerprint density at radius 1 is 1.39 bits per heavy atom. The number of amides is 1. The highest BCUT2D eigenvalue weighted by Gasteiger charge is 2.28. The van der Waals surface area contributed by atoms with Crippen LogP contribution in [0.4, 0.5) is 0 Å². The lowest BCUT2D eigenvalue weighted by molar-refractivity contribution is 0.0619. The van der Waals surface area contributed by atoms with Gasteiger partial charge in [0.05, 0.1) is 0 Å². The summed E-state index contributed by atoms with van der Waals surface area (Å²) in [7, 11) is 0. The van der Waals surface area contributed by atoms with Gasteiger partial charge in [-0.25, -0.2) is 0 Å². The van der Waals surface area contributed by atoms with E-state index in [1.165, 1.54) is 5.56 Å². The van der Waals surface area contributed by atoms with Crippen molar-refractivity contribution in [2.24, 2.45) is 11.7 Å². The van der Waals surface area contributed by atoms with Crippen LogP contribution in [0.5, 0.6) is 0 Å². The van der Waals surface area contributed by atoms with Crippen molar-refractivity contribution >= 4 is 5.91 Å². The minimum absolute atomic E-state index is 0.0961. The number of likely N-dealkylation sites (tertiary alicyclic amines) is 1. The summed E-state index contributed by atoms with van der Waals surface area (Å²) in [4.78, 5) is 14.4. The molecular weight excluding hydrogens is 290 g/mol. The van der Waals surface area contributed by atoms with Crippen molar-refractivity contribution in [3.05, 3.63) is 41.7 Å². The van der Waals surface area contributed by atoms with Crippen LogP contribution in [-0.4, -0.2) is 35.1 Å². The Morgan fingerprint density at radius 3 is 2.83 bits per heavy atom. The second kappa shape index (κ2) is 6.54. The van der Waals surface area contributed by atoms with Crippen molar-refractivity contribution in [2.75, 3.05) is 13.1 Å². The van der Waals surface area contributed by atoms with E-state index in [0.717, 1.165) is 24.9 Å².